The topological polar surface area (TPSA) is 132 Å². The van der Waals surface area contributed by atoms with Gasteiger partial charge in [-0.1, -0.05) is 12.1 Å². The fourth-order valence-electron chi connectivity index (χ4n) is 2.01. The van der Waals surface area contributed by atoms with Crippen LogP contribution < -0.4 is 11.1 Å². The molecule has 1 aromatic carbocycles. The number of carbonyl (C=O) groups is 3. The first-order chi connectivity index (χ1) is 13.1. The van der Waals surface area contributed by atoms with E-state index in [-0.39, 0.29) is 12.3 Å². The first-order valence-electron chi connectivity index (χ1n) is 8.57. The van der Waals surface area contributed by atoms with E-state index in [1.165, 1.54) is 0 Å². The van der Waals surface area contributed by atoms with E-state index >= 15 is 0 Å². The van der Waals surface area contributed by atoms with Crippen molar-refractivity contribution in [3.05, 3.63) is 59.9 Å². The van der Waals surface area contributed by atoms with E-state index in [1.54, 1.807) is 69.6 Å². The highest BCUT2D eigenvalue weighted by molar-refractivity contribution is 6.04. The maximum Gasteiger partial charge on any atom is 0.405 e. The van der Waals surface area contributed by atoms with Crippen LogP contribution in [0.3, 0.4) is 0 Å². The van der Waals surface area contributed by atoms with Crippen LogP contribution >= 0.6 is 0 Å². The number of rotatable bonds is 5. The summed E-state index contributed by atoms with van der Waals surface area (Å²) in [6.45, 7) is 5.28. The maximum atomic E-state index is 12.0. The van der Waals surface area contributed by atoms with E-state index in [0.717, 1.165) is 5.56 Å². The third-order valence-corrected chi connectivity index (χ3v) is 3.19. The molecule has 0 saturated heterocycles. The molecule has 2 aromatic rings. The van der Waals surface area contributed by atoms with Gasteiger partial charge in [-0.25, -0.2) is 4.79 Å². The molecule has 0 spiro atoms. The van der Waals surface area contributed by atoms with Gasteiger partial charge in [0.15, 0.2) is 0 Å². The second kappa shape index (κ2) is 10.7. The summed E-state index contributed by atoms with van der Waals surface area (Å²) in [6, 6.07) is 10.3. The second-order valence-electron chi connectivity index (χ2n) is 6.81. The normalized spacial score (nSPS) is 10.2. The highest BCUT2D eigenvalue weighted by Crippen LogP contribution is 2.10. The van der Waals surface area contributed by atoms with Crippen molar-refractivity contribution in [3.63, 3.8) is 0 Å². The van der Waals surface area contributed by atoms with E-state index in [2.05, 4.69) is 15.0 Å². The Kier molecular flexibility index (Phi) is 8.61. The molecule has 8 heteroatoms. The van der Waals surface area contributed by atoms with Crippen molar-refractivity contribution in [1.82, 2.24) is 4.98 Å². The number of primary amides is 1. The molecule has 28 heavy (non-hydrogen) atoms. The van der Waals surface area contributed by atoms with Gasteiger partial charge in [-0.15, -0.1) is 0 Å². The van der Waals surface area contributed by atoms with Crippen molar-refractivity contribution in [1.29, 1.82) is 0 Å². The van der Waals surface area contributed by atoms with Gasteiger partial charge in [0.1, 0.15) is 5.60 Å². The smallest absolute Gasteiger partial charge is 0.405 e. The van der Waals surface area contributed by atoms with Crippen LogP contribution in [0, 0.1) is 0 Å². The lowest BCUT2D eigenvalue weighted by Crippen LogP contribution is -2.27. The number of nitrogens with zero attached hydrogens (tertiary/aromatic N) is 1. The first kappa shape index (κ1) is 22.6. The molecule has 1 heterocycles. The minimum absolute atomic E-state index is 0.0859. The van der Waals surface area contributed by atoms with Crippen molar-refractivity contribution in [2.24, 2.45) is 5.73 Å². The molecule has 2 amide bonds. The largest absolute Gasteiger partial charge is 0.481 e. The molecule has 0 bridgehead atoms. The molecule has 0 radical (unpaired) electrons. The van der Waals surface area contributed by atoms with Crippen LogP contribution in [0.15, 0.2) is 48.8 Å². The van der Waals surface area contributed by atoms with E-state index in [4.69, 9.17) is 10.8 Å². The Labute approximate surface area is 163 Å². The van der Waals surface area contributed by atoms with Gasteiger partial charge < -0.3 is 20.9 Å². The molecule has 1 aromatic heterocycles. The average Bonchev–Trinajstić information content (AvgIpc) is 2.59. The Morgan fingerprint density at radius 3 is 2.07 bits per heavy atom. The van der Waals surface area contributed by atoms with Gasteiger partial charge in [-0.3, -0.25) is 14.6 Å². The maximum absolute atomic E-state index is 12.0. The Morgan fingerprint density at radius 1 is 1.07 bits per heavy atom. The predicted octanol–water partition coefficient (Wildman–Crippen LogP) is 3.23. The molecule has 0 aliphatic heterocycles. The molecule has 2 rings (SSSR count). The number of benzene rings is 1. The highest BCUT2D eigenvalue weighted by atomic mass is 16.6. The standard InChI is InChI=1S/C15H14N2O3.C5H11NO2/c18-14(19)6-3-11-1-4-12(5-2-11)15(20)17-13-7-9-16-10-8-13;1-5(2,3)8-4(6)7/h1-2,4-5,7-10H,3,6H2,(H,18,19)(H,16,17,20);1-3H3,(H2,6,7). The van der Waals surface area contributed by atoms with Crippen LogP contribution in [0.5, 0.6) is 0 Å². The molecule has 0 fully saturated rings. The SMILES string of the molecule is CC(C)(C)OC(N)=O.O=C(O)CCc1ccc(C(=O)Nc2ccncc2)cc1. The van der Waals surface area contributed by atoms with Crippen LogP contribution in [-0.4, -0.2) is 33.7 Å². The summed E-state index contributed by atoms with van der Waals surface area (Å²) in [5, 5.41) is 11.4. The van der Waals surface area contributed by atoms with Crippen LogP contribution in [0.4, 0.5) is 10.5 Å². The molecule has 150 valence electrons. The number of carbonyl (C=O) groups excluding carboxylic acids is 2. The number of ether oxygens (including phenoxy) is 1. The van der Waals surface area contributed by atoms with Crippen molar-refractivity contribution < 1.29 is 24.2 Å². The van der Waals surface area contributed by atoms with Crippen LogP contribution in [0.1, 0.15) is 43.1 Å². The number of nitrogens with two attached hydrogens (primary N) is 1. The number of pyridine rings is 1. The van der Waals surface area contributed by atoms with Crippen molar-refractivity contribution >= 4 is 23.7 Å². The van der Waals surface area contributed by atoms with E-state index in [0.29, 0.717) is 17.7 Å². The van der Waals surface area contributed by atoms with Crippen LogP contribution in [0.2, 0.25) is 0 Å². The van der Waals surface area contributed by atoms with Crippen molar-refractivity contribution in [2.75, 3.05) is 5.32 Å². The van der Waals surface area contributed by atoms with Crippen LogP contribution in [0.25, 0.3) is 0 Å². The van der Waals surface area contributed by atoms with Gasteiger partial charge in [0.25, 0.3) is 5.91 Å². The Bertz CT molecular complexity index is 784. The summed E-state index contributed by atoms with van der Waals surface area (Å²) in [6.07, 6.45) is 3.02. The highest BCUT2D eigenvalue weighted by Gasteiger charge is 2.12. The zero-order valence-corrected chi connectivity index (χ0v) is 16.1. The number of aliphatic carboxylic acids is 1. The fraction of sp³-hybridized carbons (Fsp3) is 0.300. The Balaban J connectivity index is 0.000000416. The van der Waals surface area contributed by atoms with E-state index in [9.17, 15) is 14.4 Å². The summed E-state index contributed by atoms with van der Waals surface area (Å²) < 4.78 is 4.58. The average molecular weight is 387 g/mol. The molecule has 0 aliphatic carbocycles. The summed E-state index contributed by atoms with van der Waals surface area (Å²) in [4.78, 5) is 36.3. The van der Waals surface area contributed by atoms with E-state index in [1.807, 2.05) is 0 Å². The lowest BCUT2D eigenvalue weighted by Gasteiger charge is -2.16. The van der Waals surface area contributed by atoms with E-state index < -0.39 is 17.7 Å². The third kappa shape index (κ3) is 9.91. The lowest BCUT2D eigenvalue weighted by atomic mass is 10.1. The molecule has 4 N–H and O–H groups in total. The summed E-state index contributed by atoms with van der Waals surface area (Å²) >= 11 is 0. The van der Waals surface area contributed by atoms with Crippen LogP contribution in [-0.2, 0) is 16.0 Å². The number of aryl methyl sites for hydroxylation is 1. The molecular formula is C20H25N3O5. The zero-order valence-electron chi connectivity index (χ0n) is 16.1. The number of nitrogens with one attached hydrogen (secondary N) is 1. The summed E-state index contributed by atoms with van der Waals surface area (Å²) in [5.41, 5.74) is 6.37. The summed E-state index contributed by atoms with van der Waals surface area (Å²) in [5.74, 6) is -1.04. The van der Waals surface area contributed by atoms with Gasteiger partial charge in [0, 0.05) is 30.1 Å². The monoisotopic (exact) mass is 387 g/mol. The quantitative estimate of drug-likeness (QED) is 0.722. The minimum atomic E-state index is -0.829. The molecule has 0 saturated carbocycles. The molecular weight excluding hydrogens is 362 g/mol. The second-order valence-corrected chi connectivity index (χ2v) is 6.81. The minimum Gasteiger partial charge on any atom is -0.481 e. The molecule has 8 nitrogen and oxygen atoms in total. The van der Waals surface area contributed by atoms with Gasteiger partial charge in [0.2, 0.25) is 0 Å². The van der Waals surface area contributed by atoms with Gasteiger partial charge in [-0.2, -0.15) is 0 Å². The lowest BCUT2D eigenvalue weighted by molar-refractivity contribution is -0.136. The first-order valence-corrected chi connectivity index (χ1v) is 8.57. The number of amides is 2. The van der Waals surface area contributed by atoms with Gasteiger partial charge in [-0.05, 0) is 57.0 Å². The van der Waals surface area contributed by atoms with Gasteiger partial charge in [0.05, 0.1) is 0 Å². The predicted molar refractivity (Wildman–Crippen MR) is 105 cm³/mol. The zero-order chi connectivity index (χ0) is 21.2. The number of hydrogen-bond acceptors (Lipinski definition) is 5. The molecule has 0 aliphatic rings. The van der Waals surface area contributed by atoms with Crippen molar-refractivity contribution in [2.45, 2.75) is 39.2 Å². The Hall–Kier alpha value is -3.42. The van der Waals surface area contributed by atoms with Crippen molar-refractivity contribution in [3.8, 4) is 0 Å². The number of aromatic nitrogens is 1. The fourth-order valence-corrected chi connectivity index (χ4v) is 2.01. The number of carboxylic acid groups (broad SMARTS) is 1. The number of anilines is 1. The molecule has 0 atom stereocenters. The third-order valence-electron chi connectivity index (χ3n) is 3.19. The molecule has 0 unspecified atom stereocenters. The van der Waals surface area contributed by atoms with Gasteiger partial charge >= 0.3 is 12.1 Å². The summed E-state index contributed by atoms with van der Waals surface area (Å²) in [7, 11) is 0. The number of hydrogen-bond donors (Lipinski definition) is 3. The Morgan fingerprint density at radius 2 is 1.64 bits per heavy atom. The number of carboxylic acids is 1.